The van der Waals surface area contributed by atoms with Crippen LogP contribution in [0.25, 0.3) is 0 Å². The van der Waals surface area contributed by atoms with Gasteiger partial charge in [0.15, 0.2) is 5.78 Å². The molecule has 0 saturated carbocycles. The van der Waals surface area contributed by atoms with E-state index in [1.54, 1.807) is 6.07 Å². The second-order valence-electron chi connectivity index (χ2n) is 2.91. The third-order valence-corrected chi connectivity index (χ3v) is 1.72. The number of hydrogen-bond acceptors (Lipinski definition) is 2. The van der Waals surface area contributed by atoms with E-state index in [1.165, 1.54) is 12.4 Å². The predicted molar refractivity (Wildman–Crippen MR) is 48.4 cm³/mol. The van der Waals surface area contributed by atoms with Crippen LogP contribution >= 0.6 is 11.6 Å². The number of halogens is 1. The molecule has 0 amide bonds. The molecule has 64 valence electrons. The Kier molecular flexibility index (Phi) is 2.82. The third kappa shape index (κ3) is 2.05. The Hall–Kier alpha value is -0.890. The molecule has 0 N–H and O–H groups in total. The van der Waals surface area contributed by atoms with E-state index >= 15 is 0 Å². The number of carbonyl (C=O) groups is 1. The number of hydrogen-bond donors (Lipinski definition) is 0. The van der Waals surface area contributed by atoms with Crippen molar-refractivity contribution in [1.82, 2.24) is 4.98 Å². The van der Waals surface area contributed by atoms with Gasteiger partial charge in [-0.2, -0.15) is 0 Å². The highest BCUT2D eigenvalue weighted by Crippen LogP contribution is 2.12. The quantitative estimate of drug-likeness (QED) is 0.660. The molecule has 0 fully saturated rings. The minimum atomic E-state index is -0.00901. The molecule has 12 heavy (non-hydrogen) atoms. The van der Waals surface area contributed by atoms with Crippen LogP contribution in [0.4, 0.5) is 0 Å². The topological polar surface area (TPSA) is 30.0 Å². The molecule has 0 bridgehead atoms. The highest BCUT2D eigenvalue weighted by atomic mass is 35.5. The standard InChI is InChI=1S/C9H10ClNO/c1-6(2)9(12)7-3-8(10)5-11-4-7/h3-6H,1-2H3. The smallest absolute Gasteiger partial charge is 0.166 e. The first-order valence-electron chi connectivity index (χ1n) is 3.76. The minimum Gasteiger partial charge on any atom is -0.294 e. The summed E-state index contributed by atoms with van der Waals surface area (Å²) in [5.74, 6) is 0.0651. The van der Waals surface area contributed by atoms with Crippen molar-refractivity contribution in [3.8, 4) is 0 Å². The van der Waals surface area contributed by atoms with E-state index in [1.807, 2.05) is 13.8 Å². The third-order valence-electron chi connectivity index (χ3n) is 1.51. The monoisotopic (exact) mass is 183 g/mol. The van der Waals surface area contributed by atoms with E-state index in [4.69, 9.17) is 11.6 Å². The normalized spacial score (nSPS) is 10.3. The van der Waals surface area contributed by atoms with Gasteiger partial charge >= 0.3 is 0 Å². The van der Waals surface area contributed by atoms with Gasteiger partial charge in [-0.05, 0) is 6.07 Å². The highest BCUT2D eigenvalue weighted by molar-refractivity contribution is 6.30. The molecule has 0 aliphatic heterocycles. The number of Topliss-reactive ketones (excluding diaryl/α,β-unsaturated/α-hetero) is 1. The first kappa shape index (κ1) is 9.20. The maximum atomic E-state index is 11.4. The molecular formula is C9H10ClNO. The van der Waals surface area contributed by atoms with Gasteiger partial charge in [-0.25, -0.2) is 0 Å². The molecule has 1 aromatic rings. The summed E-state index contributed by atoms with van der Waals surface area (Å²) in [6.45, 7) is 3.70. The van der Waals surface area contributed by atoms with Crippen molar-refractivity contribution in [2.24, 2.45) is 5.92 Å². The maximum absolute atomic E-state index is 11.4. The van der Waals surface area contributed by atoms with Crippen LogP contribution in [-0.2, 0) is 0 Å². The summed E-state index contributed by atoms with van der Waals surface area (Å²) in [5.41, 5.74) is 0.581. The second kappa shape index (κ2) is 3.68. The summed E-state index contributed by atoms with van der Waals surface area (Å²) >= 11 is 5.68. The van der Waals surface area contributed by atoms with Crippen LogP contribution in [0.3, 0.4) is 0 Å². The van der Waals surface area contributed by atoms with E-state index in [-0.39, 0.29) is 11.7 Å². The van der Waals surface area contributed by atoms with Crippen LogP contribution in [0.2, 0.25) is 5.02 Å². The van der Waals surface area contributed by atoms with Crippen LogP contribution in [0.5, 0.6) is 0 Å². The van der Waals surface area contributed by atoms with Gasteiger partial charge in [0.2, 0.25) is 0 Å². The number of nitrogens with zero attached hydrogens (tertiary/aromatic N) is 1. The zero-order chi connectivity index (χ0) is 9.14. The van der Waals surface area contributed by atoms with Gasteiger partial charge in [-0.1, -0.05) is 25.4 Å². The van der Waals surface area contributed by atoms with Crippen LogP contribution in [-0.4, -0.2) is 10.8 Å². The Morgan fingerprint density at radius 3 is 2.67 bits per heavy atom. The van der Waals surface area contributed by atoms with Gasteiger partial charge in [-0.15, -0.1) is 0 Å². The number of aromatic nitrogens is 1. The molecule has 1 rings (SSSR count). The van der Waals surface area contributed by atoms with E-state index in [9.17, 15) is 4.79 Å². The van der Waals surface area contributed by atoms with Crippen LogP contribution < -0.4 is 0 Å². The van der Waals surface area contributed by atoms with E-state index in [0.29, 0.717) is 10.6 Å². The van der Waals surface area contributed by atoms with Gasteiger partial charge in [0.05, 0.1) is 5.02 Å². The summed E-state index contributed by atoms with van der Waals surface area (Å²) in [5, 5.41) is 0.501. The minimum absolute atomic E-state index is 0.00901. The number of ketones is 1. The Balaban J connectivity index is 2.96. The number of carbonyl (C=O) groups excluding carboxylic acids is 1. The zero-order valence-corrected chi connectivity index (χ0v) is 7.80. The zero-order valence-electron chi connectivity index (χ0n) is 7.04. The van der Waals surface area contributed by atoms with Crippen molar-refractivity contribution in [3.05, 3.63) is 29.0 Å². The fourth-order valence-corrected chi connectivity index (χ4v) is 1.05. The van der Waals surface area contributed by atoms with Gasteiger partial charge in [0, 0.05) is 23.9 Å². The Labute approximate surface area is 76.6 Å². The van der Waals surface area contributed by atoms with Crippen LogP contribution in [0, 0.1) is 5.92 Å². The molecular weight excluding hydrogens is 174 g/mol. The fourth-order valence-electron chi connectivity index (χ4n) is 0.880. The molecule has 0 aliphatic carbocycles. The summed E-state index contributed by atoms with van der Waals surface area (Å²) in [4.78, 5) is 15.2. The molecule has 0 radical (unpaired) electrons. The second-order valence-corrected chi connectivity index (χ2v) is 3.35. The average Bonchev–Trinajstić information content (AvgIpc) is 2.03. The van der Waals surface area contributed by atoms with Crippen molar-refractivity contribution in [2.75, 3.05) is 0 Å². The SMILES string of the molecule is CC(C)C(=O)c1cncc(Cl)c1. The largest absolute Gasteiger partial charge is 0.294 e. The van der Waals surface area contributed by atoms with Crippen molar-refractivity contribution in [3.63, 3.8) is 0 Å². The first-order valence-corrected chi connectivity index (χ1v) is 4.14. The predicted octanol–water partition coefficient (Wildman–Crippen LogP) is 2.57. The summed E-state index contributed by atoms with van der Waals surface area (Å²) in [6, 6.07) is 1.64. The van der Waals surface area contributed by atoms with Crippen molar-refractivity contribution in [2.45, 2.75) is 13.8 Å². The van der Waals surface area contributed by atoms with Crippen molar-refractivity contribution < 1.29 is 4.79 Å². The van der Waals surface area contributed by atoms with Gasteiger partial charge in [-0.3, -0.25) is 9.78 Å². The molecule has 2 nitrogen and oxygen atoms in total. The lowest BCUT2D eigenvalue weighted by molar-refractivity contribution is 0.0939. The van der Waals surface area contributed by atoms with Gasteiger partial charge in [0.25, 0.3) is 0 Å². The van der Waals surface area contributed by atoms with Crippen LogP contribution in [0.15, 0.2) is 18.5 Å². The number of rotatable bonds is 2. The fraction of sp³-hybridized carbons (Fsp3) is 0.333. The molecule has 3 heteroatoms. The molecule has 1 heterocycles. The Bertz CT molecular complexity index is 296. The van der Waals surface area contributed by atoms with Crippen molar-refractivity contribution in [1.29, 1.82) is 0 Å². The lowest BCUT2D eigenvalue weighted by atomic mass is 10.0. The van der Waals surface area contributed by atoms with Gasteiger partial charge < -0.3 is 0 Å². The number of pyridine rings is 1. The lowest BCUT2D eigenvalue weighted by Crippen LogP contribution is -2.07. The van der Waals surface area contributed by atoms with Crippen LogP contribution in [0.1, 0.15) is 24.2 Å². The van der Waals surface area contributed by atoms with Crippen molar-refractivity contribution >= 4 is 17.4 Å². The molecule has 0 atom stereocenters. The van der Waals surface area contributed by atoms with Gasteiger partial charge in [0.1, 0.15) is 0 Å². The van der Waals surface area contributed by atoms with E-state index < -0.39 is 0 Å². The lowest BCUT2D eigenvalue weighted by Gasteiger charge is -2.02. The average molecular weight is 184 g/mol. The first-order chi connectivity index (χ1) is 5.61. The molecule has 0 spiro atoms. The highest BCUT2D eigenvalue weighted by Gasteiger charge is 2.10. The summed E-state index contributed by atoms with van der Waals surface area (Å²) in [6.07, 6.45) is 3.05. The van der Waals surface area contributed by atoms with E-state index in [2.05, 4.69) is 4.98 Å². The molecule has 1 aromatic heterocycles. The maximum Gasteiger partial charge on any atom is 0.166 e. The Morgan fingerprint density at radius 1 is 1.50 bits per heavy atom. The summed E-state index contributed by atoms with van der Waals surface area (Å²) < 4.78 is 0. The molecule has 0 aliphatic rings. The van der Waals surface area contributed by atoms with E-state index in [0.717, 1.165) is 0 Å². The molecule has 0 unspecified atom stereocenters. The molecule has 0 aromatic carbocycles. The Morgan fingerprint density at radius 2 is 2.17 bits per heavy atom. The summed E-state index contributed by atoms with van der Waals surface area (Å²) in [7, 11) is 0. The molecule has 0 saturated heterocycles.